The largest absolute Gasteiger partial charge is 0.388 e. The van der Waals surface area contributed by atoms with Gasteiger partial charge in [0.15, 0.2) is 0 Å². The lowest BCUT2D eigenvalue weighted by Crippen LogP contribution is -2.20. The number of aryl methyl sites for hydroxylation is 2. The van der Waals surface area contributed by atoms with Gasteiger partial charge >= 0.3 is 0 Å². The second-order valence-electron chi connectivity index (χ2n) is 5.55. The molecule has 1 saturated carbocycles. The maximum atomic E-state index is 10.5. The Kier molecular flexibility index (Phi) is 4.33. The van der Waals surface area contributed by atoms with Gasteiger partial charge in [-0.1, -0.05) is 37.8 Å². The molecule has 1 heterocycles. The first-order valence-electron chi connectivity index (χ1n) is 6.91. The van der Waals surface area contributed by atoms with Crippen LogP contribution in [0.5, 0.6) is 0 Å². The van der Waals surface area contributed by atoms with Crippen molar-refractivity contribution in [2.24, 2.45) is 18.9 Å². The third-order valence-electron chi connectivity index (χ3n) is 4.41. The van der Waals surface area contributed by atoms with Crippen LogP contribution in [0.25, 0.3) is 0 Å². The van der Waals surface area contributed by atoms with E-state index < -0.39 is 6.10 Å². The van der Waals surface area contributed by atoms with Crippen molar-refractivity contribution in [1.82, 2.24) is 9.78 Å². The molecule has 1 aliphatic carbocycles. The smallest absolute Gasteiger partial charge is 0.132 e. The van der Waals surface area contributed by atoms with E-state index in [0.717, 1.165) is 30.0 Å². The fraction of sp³-hybridized carbons (Fsp3) is 0.786. The van der Waals surface area contributed by atoms with Crippen LogP contribution in [0.3, 0.4) is 0 Å². The summed E-state index contributed by atoms with van der Waals surface area (Å²) in [7, 11) is 1.82. The molecule has 18 heavy (non-hydrogen) atoms. The molecule has 0 radical (unpaired) electrons. The van der Waals surface area contributed by atoms with Crippen LogP contribution in [0, 0.1) is 18.8 Å². The van der Waals surface area contributed by atoms with Crippen molar-refractivity contribution in [1.29, 1.82) is 0 Å². The van der Waals surface area contributed by atoms with E-state index in [0.29, 0.717) is 11.1 Å². The maximum absolute atomic E-state index is 10.5. The monoisotopic (exact) mass is 270 g/mol. The molecular formula is C14H23ClN2O. The summed E-state index contributed by atoms with van der Waals surface area (Å²) in [6.45, 7) is 4.17. The lowest BCUT2D eigenvalue weighted by molar-refractivity contribution is 0.0725. The van der Waals surface area contributed by atoms with Crippen LogP contribution < -0.4 is 0 Å². The minimum Gasteiger partial charge on any atom is -0.388 e. The molecule has 1 aliphatic rings. The van der Waals surface area contributed by atoms with Crippen molar-refractivity contribution in [3.63, 3.8) is 0 Å². The molecule has 1 N–H and O–H groups in total. The van der Waals surface area contributed by atoms with Crippen molar-refractivity contribution < 1.29 is 5.11 Å². The molecule has 0 amide bonds. The van der Waals surface area contributed by atoms with E-state index in [2.05, 4.69) is 12.0 Å². The number of aliphatic hydroxyl groups excluding tert-OH is 1. The SMILES string of the molecule is CCC1CCC(C(O)c2c(C)nn(C)c2Cl)CC1. The number of rotatable bonds is 3. The summed E-state index contributed by atoms with van der Waals surface area (Å²) in [4.78, 5) is 0. The van der Waals surface area contributed by atoms with E-state index in [-0.39, 0.29) is 0 Å². The van der Waals surface area contributed by atoms with Gasteiger partial charge in [0.1, 0.15) is 5.15 Å². The van der Waals surface area contributed by atoms with Crippen LogP contribution in [0.2, 0.25) is 5.15 Å². The molecule has 102 valence electrons. The molecule has 0 bridgehead atoms. The van der Waals surface area contributed by atoms with Gasteiger partial charge in [0.25, 0.3) is 0 Å². The van der Waals surface area contributed by atoms with Crippen molar-refractivity contribution >= 4 is 11.6 Å². The fourth-order valence-electron chi connectivity index (χ4n) is 3.13. The second kappa shape index (κ2) is 5.62. The second-order valence-corrected chi connectivity index (χ2v) is 5.91. The third kappa shape index (κ3) is 2.57. The molecule has 1 unspecified atom stereocenters. The topological polar surface area (TPSA) is 38.1 Å². The highest BCUT2D eigenvalue weighted by Crippen LogP contribution is 2.40. The number of aliphatic hydroxyl groups is 1. The first kappa shape index (κ1) is 13.9. The van der Waals surface area contributed by atoms with Crippen molar-refractivity contribution in [3.05, 3.63) is 16.4 Å². The van der Waals surface area contributed by atoms with E-state index in [9.17, 15) is 5.11 Å². The molecule has 2 rings (SSSR count). The Hall–Kier alpha value is -0.540. The molecule has 0 aliphatic heterocycles. The zero-order valence-corrected chi connectivity index (χ0v) is 12.2. The molecule has 1 atom stereocenters. The molecule has 0 saturated heterocycles. The maximum Gasteiger partial charge on any atom is 0.132 e. The van der Waals surface area contributed by atoms with Gasteiger partial charge in [0.2, 0.25) is 0 Å². The normalized spacial score (nSPS) is 26.3. The van der Waals surface area contributed by atoms with Crippen LogP contribution in [0.15, 0.2) is 0 Å². The summed E-state index contributed by atoms with van der Waals surface area (Å²) in [5.74, 6) is 1.19. The number of aromatic nitrogens is 2. The highest BCUT2D eigenvalue weighted by molar-refractivity contribution is 6.30. The first-order chi connectivity index (χ1) is 8.54. The van der Waals surface area contributed by atoms with Gasteiger partial charge in [-0.2, -0.15) is 5.10 Å². The summed E-state index contributed by atoms with van der Waals surface area (Å²) >= 11 is 6.22. The number of nitrogens with zero attached hydrogens (tertiary/aromatic N) is 2. The molecular weight excluding hydrogens is 248 g/mol. The summed E-state index contributed by atoms with van der Waals surface area (Å²) in [6, 6.07) is 0. The lowest BCUT2D eigenvalue weighted by Gasteiger charge is -2.31. The molecule has 0 aromatic carbocycles. The van der Waals surface area contributed by atoms with E-state index in [1.807, 2.05) is 14.0 Å². The minimum atomic E-state index is -0.455. The predicted octanol–water partition coefficient (Wildman–Crippen LogP) is 3.63. The van der Waals surface area contributed by atoms with Gasteiger partial charge < -0.3 is 5.11 Å². The summed E-state index contributed by atoms with van der Waals surface area (Å²) in [6.07, 6.45) is 5.47. The van der Waals surface area contributed by atoms with Crippen LogP contribution >= 0.6 is 11.6 Å². The Labute approximate surface area is 114 Å². The predicted molar refractivity (Wildman–Crippen MR) is 73.7 cm³/mol. The highest BCUT2D eigenvalue weighted by Gasteiger charge is 2.30. The van der Waals surface area contributed by atoms with E-state index >= 15 is 0 Å². The summed E-state index contributed by atoms with van der Waals surface area (Å²) in [5.41, 5.74) is 1.69. The minimum absolute atomic E-state index is 0.341. The van der Waals surface area contributed by atoms with Crippen LogP contribution in [0.1, 0.15) is 56.4 Å². The van der Waals surface area contributed by atoms with Gasteiger partial charge in [0.05, 0.1) is 11.8 Å². The van der Waals surface area contributed by atoms with Gasteiger partial charge in [-0.3, -0.25) is 4.68 Å². The average molecular weight is 271 g/mol. The Bertz CT molecular complexity index is 408. The number of hydrogen-bond acceptors (Lipinski definition) is 2. The summed E-state index contributed by atoms with van der Waals surface area (Å²) < 4.78 is 1.65. The van der Waals surface area contributed by atoms with Crippen LogP contribution in [-0.2, 0) is 7.05 Å². The Balaban J connectivity index is 2.10. The Morgan fingerprint density at radius 3 is 2.44 bits per heavy atom. The van der Waals surface area contributed by atoms with Crippen molar-refractivity contribution in [2.45, 2.75) is 52.1 Å². The van der Waals surface area contributed by atoms with Gasteiger partial charge in [-0.25, -0.2) is 0 Å². The molecule has 1 aromatic heterocycles. The van der Waals surface area contributed by atoms with Gasteiger partial charge in [-0.15, -0.1) is 0 Å². The molecule has 4 heteroatoms. The fourth-order valence-corrected chi connectivity index (χ4v) is 3.42. The third-order valence-corrected chi connectivity index (χ3v) is 4.86. The average Bonchev–Trinajstić information content (AvgIpc) is 2.63. The zero-order chi connectivity index (χ0) is 13.3. The Morgan fingerprint density at radius 1 is 1.39 bits per heavy atom. The van der Waals surface area contributed by atoms with E-state index in [4.69, 9.17) is 11.6 Å². The van der Waals surface area contributed by atoms with Crippen molar-refractivity contribution in [3.8, 4) is 0 Å². The number of hydrogen-bond donors (Lipinski definition) is 1. The first-order valence-corrected chi connectivity index (χ1v) is 7.29. The highest BCUT2D eigenvalue weighted by atomic mass is 35.5. The Morgan fingerprint density at radius 2 is 2.00 bits per heavy atom. The van der Waals surface area contributed by atoms with Crippen molar-refractivity contribution in [2.75, 3.05) is 0 Å². The number of halogens is 1. The van der Waals surface area contributed by atoms with E-state index in [1.165, 1.54) is 19.3 Å². The standard InChI is InChI=1S/C14H23ClN2O/c1-4-10-5-7-11(8-6-10)13(18)12-9(2)16-17(3)14(12)15/h10-11,13,18H,4-8H2,1-3H3. The van der Waals surface area contributed by atoms with Crippen LogP contribution in [0.4, 0.5) is 0 Å². The van der Waals surface area contributed by atoms with Gasteiger partial charge in [-0.05, 0) is 31.6 Å². The van der Waals surface area contributed by atoms with Crippen LogP contribution in [-0.4, -0.2) is 14.9 Å². The van der Waals surface area contributed by atoms with E-state index in [1.54, 1.807) is 4.68 Å². The van der Waals surface area contributed by atoms with Gasteiger partial charge in [0, 0.05) is 12.6 Å². The zero-order valence-electron chi connectivity index (χ0n) is 11.5. The lowest BCUT2D eigenvalue weighted by atomic mass is 9.77. The molecule has 1 fully saturated rings. The molecule has 0 spiro atoms. The summed E-state index contributed by atoms with van der Waals surface area (Å²) in [5, 5.41) is 15.4. The quantitative estimate of drug-likeness (QED) is 0.911. The molecule has 3 nitrogen and oxygen atoms in total. The molecule has 1 aromatic rings.